The Morgan fingerprint density at radius 2 is 1.92 bits per heavy atom. The maximum Gasteiger partial charge on any atom is 0.227 e. The van der Waals surface area contributed by atoms with Crippen LogP contribution in [0.5, 0.6) is 0 Å². The number of hydrogen-bond donors (Lipinski definition) is 3. The highest BCUT2D eigenvalue weighted by Gasteiger charge is 2.11. The summed E-state index contributed by atoms with van der Waals surface area (Å²) < 4.78 is 5.89. The van der Waals surface area contributed by atoms with Crippen molar-refractivity contribution in [2.45, 2.75) is 20.8 Å². The lowest BCUT2D eigenvalue weighted by molar-refractivity contribution is 0.619. The highest BCUT2D eigenvalue weighted by atomic mass is 16.3. The van der Waals surface area contributed by atoms with E-state index in [0.29, 0.717) is 11.6 Å². The molecule has 0 amide bonds. The van der Waals surface area contributed by atoms with Gasteiger partial charge in [-0.2, -0.15) is 10.4 Å². The molecule has 0 radical (unpaired) electrons. The van der Waals surface area contributed by atoms with Crippen LogP contribution in [-0.2, 0) is 0 Å². The number of fused-ring (bicyclic) bond motifs is 1. The second-order valence-electron chi connectivity index (χ2n) is 6.05. The van der Waals surface area contributed by atoms with Crippen molar-refractivity contribution in [2.75, 3.05) is 5.43 Å². The van der Waals surface area contributed by atoms with Crippen molar-refractivity contribution in [3.05, 3.63) is 47.0 Å². The Bertz CT molecular complexity index is 1050. The van der Waals surface area contributed by atoms with E-state index in [1.807, 2.05) is 51.1 Å². The highest BCUT2D eigenvalue weighted by molar-refractivity contribution is 6.45. The molecular weight excluding hydrogens is 328 g/mol. The molecule has 0 aliphatic rings. The van der Waals surface area contributed by atoms with E-state index in [4.69, 9.17) is 20.8 Å². The van der Waals surface area contributed by atoms with Crippen molar-refractivity contribution < 1.29 is 4.42 Å². The van der Waals surface area contributed by atoms with E-state index in [9.17, 15) is 0 Å². The molecule has 0 bridgehead atoms. The van der Waals surface area contributed by atoms with E-state index in [1.165, 1.54) is 0 Å². The van der Waals surface area contributed by atoms with Gasteiger partial charge in [0, 0.05) is 5.56 Å². The van der Waals surface area contributed by atoms with E-state index in [2.05, 4.69) is 15.5 Å². The summed E-state index contributed by atoms with van der Waals surface area (Å²) in [4.78, 5) is 4.56. The first-order valence-electron chi connectivity index (χ1n) is 7.96. The molecule has 3 aromatic rings. The van der Waals surface area contributed by atoms with E-state index in [-0.39, 0.29) is 5.71 Å². The number of nitrogens with two attached hydrogens (primary N) is 1. The van der Waals surface area contributed by atoms with Crippen LogP contribution in [0, 0.1) is 37.5 Å². The zero-order valence-corrected chi connectivity index (χ0v) is 14.7. The minimum Gasteiger partial charge on any atom is -0.436 e. The minimum absolute atomic E-state index is 0.178. The van der Waals surface area contributed by atoms with Gasteiger partial charge in [0.2, 0.25) is 11.6 Å². The largest absolute Gasteiger partial charge is 0.436 e. The van der Waals surface area contributed by atoms with Gasteiger partial charge < -0.3 is 10.2 Å². The second kappa shape index (κ2) is 6.69. The molecule has 3 rings (SSSR count). The van der Waals surface area contributed by atoms with Crippen LogP contribution in [-0.4, -0.2) is 16.5 Å². The lowest BCUT2D eigenvalue weighted by atomic mass is 10.1. The quantitative estimate of drug-likeness (QED) is 0.378. The Labute approximate surface area is 150 Å². The first-order chi connectivity index (χ1) is 12.4. The molecule has 0 unspecified atom stereocenters. The predicted octanol–water partition coefficient (Wildman–Crippen LogP) is 3.65. The van der Waals surface area contributed by atoms with Gasteiger partial charge in [0.1, 0.15) is 11.6 Å². The van der Waals surface area contributed by atoms with Crippen molar-refractivity contribution in [2.24, 2.45) is 10.8 Å². The lowest BCUT2D eigenvalue weighted by Crippen LogP contribution is -2.21. The molecule has 0 fully saturated rings. The second-order valence-corrected chi connectivity index (χ2v) is 6.05. The highest BCUT2D eigenvalue weighted by Crippen LogP contribution is 2.29. The number of aryl methyl sites for hydroxylation is 3. The Kier molecular flexibility index (Phi) is 4.42. The van der Waals surface area contributed by atoms with Crippen molar-refractivity contribution in [1.29, 1.82) is 10.7 Å². The molecule has 7 nitrogen and oxygen atoms in total. The van der Waals surface area contributed by atoms with Crippen LogP contribution in [0.3, 0.4) is 0 Å². The van der Waals surface area contributed by atoms with Crippen LogP contribution in [0.15, 0.2) is 39.9 Å². The molecule has 26 heavy (non-hydrogen) atoms. The smallest absolute Gasteiger partial charge is 0.227 e. The standard InChI is InChI=1S/C19H18N6O/c1-10-4-5-13(8-14(10)24-25-16(9-20)18(21)22)19-23-15-6-11(2)12(3)7-17(15)26-19/h4-8,24H,1-3H3,(H3,21,22)/b25-16+. The number of hydrazone groups is 1. The molecular formula is C19H18N6O. The molecule has 0 saturated carbocycles. The van der Waals surface area contributed by atoms with Gasteiger partial charge in [-0.25, -0.2) is 4.98 Å². The monoisotopic (exact) mass is 346 g/mol. The summed E-state index contributed by atoms with van der Waals surface area (Å²) in [7, 11) is 0. The molecule has 1 aromatic heterocycles. The first kappa shape index (κ1) is 17.2. The summed E-state index contributed by atoms with van der Waals surface area (Å²) in [6.07, 6.45) is 0. The molecule has 0 aliphatic heterocycles. The van der Waals surface area contributed by atoms with Gasteiger partial charge >= 0.3 is 0 Å². The van der Waals surface area contributed by atoms with Crippen LogP contribution in [0.2, 0.25) is 0 Å². The number of hydrogen-bond acceptors (Lipinski definition) is 6. The minimum atomic E-state index is -0.390. The fraction of sp³-hybridized carbons (Fsp3) is 0.158. The Morgan fingerprint density at radius 1 is 1.19 bits per heavy atom. The van der Waals surface area contributed by atoms with Gasteiger partial charge in [0.15, 0.2) is 11.4 Å². The zero-order chi connectivity index (χ0) is 18.8. The predicted molar refractivity (Wildman–Crippen MR) is 102 cm³/mol. The molecule has 0 saturated heterocycles. The van der Waals surface area contributed by atoms with Crippen molar-refractivity contribution in [3.63, 3.8) is 0 Å². The van der Waals surface area contributed by atoms with Gasteiger partial charge in [-0.3, -0.25) is 10.8 Å². The van der Waals surface area contributed by atoms with Gasteiger partial charge in [-0.15, -0.1) is 0 Å². The van der Waals surface area contributed by atoms with E-state index in [1.54, 1.807) is 6.07 Å². The van der Waals surface area contributed by atoms with Gasteiger partial charge in [0.25, 0.3) is 0 Å². The average Bonchev–Trinajstić information content (AvgIpc) is 2.99. The number of nitrogens with one attached hydrogen (secondary N) is 2. The average molecular weight is 346 g/mol. The fourth-order valence-corrected chi connectivity index (χ4v) is 2.44. The number of rotatable bonds is 4. The van der Waals surface area contributed by atoms with Gasteiger partial charge in [0.05, 0.1) is 5.69 Å². The van der Waals surface area contributed by atoms with E-state index in [0.717, 1.165) is 33.4 Å². The van der Waals surface area contributed by atoms with Crippen molar-refractivity contribution in [1.82, 2.24) is 4.98 Å². The van der Waals surface area contributed by atoms with Crippen LogP contribution in [0.1, 0.15) is 16.7 Å². The third-order valence-corrected chi connectivity index (χ3v) is 4.14. The molecule has 130 valence electrons. The molecule has 7 heteroatoms. The van der Waals surface area contributed by atoms with Crippen LogP contribution < -0.4 is 11.2 Å². The number of oxazole rings is 1. The number of anilines is 1. The van der Waals surface area contributed by atoms with Crippen LogP contribution in [0.4, 0.5) is 5.69 Å². The molecule has 0 spiro atoms. The molecule has 0 atom stereocenters. The lowest BCUT2D eigenvalue weighted by Gasteiger charge is -2.07. The fourth-order valence-electron chi connectivity index (χ4n) is 2.44. The van der Waals surface area contributed by atoms with Crippen LogP contribution in [0.25, 0.3) is 22.6 Å². The summed E-state index contributed by atoms with van der Waals surface area (Å²) in [6, 6.07) is 11.4. The number of nitriles is 1. The summed E-state index contributed by atoms with van der Waals surface area (Å²) in [5, 5.41) is 20.1. The molecule has 4 N–H and O–H groups in total. The molecule has 0 aliphatic carbocycles. The summed E-state index contributed by atoms with van der Waals surface area (Å²) in [6.45, 7) is 5.97. The Balaban J connectivity index is 2.00. The topological polar surface area (TPSA) is 124 Å². The zero-order valence-electron chi connectivity index (χ0n) is 14.7. The van der Waals surface area contributed by atoms with Gasteiger partial charge in [-0.1, -0.05) is 6.07 Å². The maximum absolute atomic E-state index is 8.94. The SMILES string of the molecule is Cc1cc2nc(-c3ccc(C)c(N/N=C(\C#N)C(=N)N)c3)oc2cc1C. The number of aromatic nitrogens is 1. The Morgan fingerprint density at radius 3 is 2.62 bits per heavy atom. The summed E-state index contributed by atoms with van der Waals surface area (Å²) >= 11 is 0. The third-order valence-electron chi connectivity index (χ3n) is 4.14. The van der Waals surface area contributed by atoms with Crippen molar-refractivity contribution >= 4 is 28.3 Å². The number of amidine groups is 1. The number of benzene rings is 2. The summed E-state index contributed by atoms with van der Waals surface area (Å²) in [5.41, 5.74) is 14.1. The Hall–Kier alpha value is -3.66. The number of nitrogens with zero attached hydrogens (tertiary/aromatic N) is 3. The normalized spacial score (nSPS) is 11.4. The molecule has 2 aromatic carbocycles. The van der Waals surface area contributed by atoms with Crippen molar-refractivity contribution in [3.8, 4) is 17.5 Å². The van der Waals surface area contributed by atoms with E-state index < -0.39 is 5.84 Å². The van der Waals surface area contributed by atoms with Crippen LogP contribution >= 0.6 is 0 Å². The maximum atomic E-state index is 8.94. The first-order valence-corrected chi connectivity index (χ1v) is 7.96. The van der Waals surface area contributed by atoms with E-state index >= 15 is 0 Å². The molecule has 1 heterocycles. The third kappa shape index (κ3) is 3.26. The van der Waals surface area contributed by atoms with Gasteiger partial charge in [-0.05, 0) is 61.7 Å². The summed E-state index contributed by atoms with van der Waals surface area (Å²) in [5.74, 6) is 0.114.